The first-order chi connectivity index (χ1) is 18.7. The van der Waals surface area contributed by atoms with Gasteiger partial charge in [-0.2, -0.15) is 10.4 Å². The molecular formula is C31H34N6O2. The van der Waals surface area contributed by atoms with E-state index in [2.05, 4.69) is 16.5 Å². The van der Waals surface area contributed by atoms with Crippen LogP contribution in [-0.4, -0.2) is 33.4 Å². The van der Waals surface area contributed by atoms with E-state index in [-0.39, 0.29) is 12.1 Å². The quantitative estimate of drug-likeness (QED) is 0.305. The molecule has 8 nitrogen and oxygen atoms in total. The Labute approximate surface area is 229 Å². The van der Waals surface area contributed by atoms with Gasteiger partial charge in [0.15, 0.2) is 0 Å². The summed E-state index contributed by atoms with van der Waals surface area (Å²) in [5.74, 6) is 0.478. The molecule has 0 radical (unpaired) electrons. The van der Waals surface area contributed by atoms with Crippen molar-refractivity contribution in [3.05, 3.63) is 78.5 Å². The minimum atomic E-state index is -0.711. The standard InChI is InChI=1S/C31H34N6O2/c1-31(2,3)39-30(38)36(25-15-9-22(10-16-25)21-7-5-4-6-8-21)29-19-27(35-24-13-11-23(33)12-14-24)26(20-32)28-17-18-34-37(28)29/h4-10,15-19,23-24,35H,11-14,33H2,1-3H3. The minimum absolute atomic E-state index is 0.190. The summed E-state index contributed by atoms with van der Waals surface area (Å²) in [6.07, 6.45) is 4.80. The lowest BCUT2D eigenvalue weighted by molar-refractivity contribution is 0.0597. The SMILES string of the molecule is CC(C)(C)OC(=O)N(c1ccc(-c2ccccc2)cc1)c1cc(NC2CCC(N)CC2)c(C#N)c2ccnn12. The van der Waals surface area contributed by atoms with Gasteiger partial charge in [-0.3, -0.25) is 0 Å². The van der Waals surface area contributed by atoms with Crippen molar-refractivity contribution in [2.45, 2.75) is 64.1 Å². The average molecular weight is 523 g/mol. The Morgan fingerprint density at radius 1 is 1.05 bits per heavy atom. The molecule has 1 saturated carbocycles. The fraction of sp³-hybridized carbons (Fsp3) is 0.323. The number of hydrogen-bond acceptors (Lipinski definition) is 6. The lowest BCUT2D eigenvalue weighted by Crippen LogP contribution is -2.35. The highest BCUT2D eigenvalue weighted by Crippen LogP contribution is 2.35. The van der Waals surface area contributed by atoms with Gasteiger partial charge < -0.3 is 15.8 Å². The average Bonchev–Trinajstić information content (AvgIpc) is 3.40. The maximum Gasteiger partial charge on any atom is 0.420 e. The lowest BCUT2D eigenvalue weighted by Gasteiger charge is -2.30. The van der Waals surface area contributed by atoms with Crippen LogP contribution >= 0.6 is 0 Å². The highest BCUT2D eigenvalue weighted by atomic mass is 16.6. The first-order valence-electron chi connectivity index (χ1n) is 13.3. The number of nitrogens with zero attached hydrogens (tertiary/aromatic N) is 4. The van der Waals surface area contributed by atoms with Gasteiger partial charge in [-0.05, 0) is 75.8 Å². The smallest absolute Gasteiger partial charge is 0.420 e. The number of aromatic nitrogens is 2. The van der Waals surface area contributed by atoms with Gasteiger partial charge in [-0.15, -0.1) is 0 Å². The van der Waals surface area contributed by atoms with Crippen LogP contribution in [0, 0.1) is 11.3 Å². The van der Waals surface area contributed by atoms with Crippen LogP contribution in [0.2, 0.25) is 0 Å². The third-order valence-electron chi connectivity index (χ3n) is 6.94. The van der Waals surface area contributed by atoms with Crippen LogP contribution in [0.4, 0.5) is 22.0 Å². The molecule has 0 bridgehead atoms. The molecule has 4 aromatic rings. The van der Waals surface area contributed by atoms with E-state index in [1.165, 1.54) is 4.90 Å². The van der Waals surface area contributed by atoms with Crippen LogP contribution in [-0.2, 0) is 4.74 Å². The number of nitriles is 1. The number of rotatable bonds is 5. The number of anilines is 3. The van der Waals surface area contributed by atoms with Gasteiger partial charge in [0.2, 0.25) is 0 Å². The first-order valence-corrected chi connectivity index (χ1v) is 13.3. The number of benzene rings is 2. The van der Waals surface area contributed by atoms with Gasteiger partial charge in [0.05, 0.1) is 23.1 Å². The predicted molar refractivity (Wildman–Crippen MR) is 154 cm³/mol. The highest BCUT2D eigenvalue weighted by molar-refractivity contribution is 5.97. The fourth-order valence-electron chi connectivity index (χ4n) is 5.02. The highest BCUT2D eigenvalue weighted by Gasteiger charge is 2.29. The van der Waals surface area contributed by atoms with Gasteiger partial charge in [0, 0.05) is 18.2 Å². The van der Waals surface area contributed by atoms with Gasteiger partial charge >= 0.3 is 6.09 Å². The Balaban J connectivity index is 1.61. The van der Waals surface area contributed by atoms with Gasteiger partial charge in [0.1, 0.15) is 23.1 Å². The lowest BCUT2D eigenvalue weighted by atomic mass is 9.91. The summed E-state index contributed by atoms with van der Waals surface area (Å²) in [5.41, 5.74) is 9.90. The maximum atomic E-state index is 13.7. The molecule has 2 heterocycles. The molecule has 2 aromatic heterocycles. The summed E-state index contributed by atoms with van der Waals surface area (Å²) >= 11 is 0. The Kier molecular flexibility index (Phi) is 7.27. The molecule has 0 saturated heterocycles. The Hall–Kier alpha value is -4.35. The molecule has 39 heavy (non-hydrogen) atoms. The number of ether oxygens (including phenoxy) is 1. The van der Waals surface area contributed by atoms with Gasteiger partial charge in [-0.1, -0.05) is 42.5 Å². The topological polar surface area (TPSA) is 109 Å². The second kappa shape index (κ2) is 10.8. The van der Waals surface area contributed by atoms with E-state index in [4.69, 9.17) is 10.5 Å². The normalized spacial score (nSPS) is 17.4. The summed E-state index contributed by atoms with van der Waals surface area (Å²) in [6.45, 7) is 5.51. The van der Waals surface area contributed by atoms with Crippen LogP contribution in [0.1, 0.15) is 52.0 Å². The number of amides is 1. The molecule has 1 aliphatic rings. The third kappa shape index (κ3) is 5.74. The van der Waals surface area contributed by atoms with Crippen molar-refractivity contribution in [1.29, 1.82) is 5.26 Å². The van der Waals surface area contributed by atoms with Crippen LogP contribution in [0.15, 0.2) is 72.9 Å². The molecule has 1 amide bonds. The Morgan fingerprint density at radius 3 is 2.36 bits per heavy atom. The number of carbonyl (C=O) groups excluding carboxylic acids is 1. The van der Waals surface area contributed by atoms with Crippen molar-refractivity contribution in [3.8, 4) is 17.2 Å². The molecule has 1 fully saturated rings. The molecule has 2 aromatic carbocycles. The van der Waals surface area contributed by atoms with E-state index in [0.29, 0.717) is 28.3 Å². The molecule has 0 unspecified atom stereocenters. The maximum absolute atomic E-state index is 13.7. The number of fused-ring (bicyclic) bond motifs is 1. The molecule has 8 heteroatoms. The monoisotopic (exact) mass is 522 g/mol. The van der Waals surface area contributed by atoms with Crippen molar-refractivity contribution in [1.82, 2.24) is 9.61 Å². The second-order valence-corrected chi connectivity index (χ2v) is 11.0. The minimum Gasteiger partial charge on any atom is -0.443 e. The summed E-state index contributed by atoms with van der Waals surface area (Å²) in [6, 6.07) is 24.2. The predicted octanol–water partition coefficient (Wildman–Crippen LogP) is 6.63. The molecular weight excluding hydrogens is 488 g/mol. The van der Waals surface area contributed by atoms with Crippen molar-refractivity contribution in [3.63, 3.8) is 0 Å². The number of nitrogens with one attached hydrogen (secondary N) is 1. The number of pyridine rings is 1. The van der Waals surface area contributed by atoms with Crippen molar-refractivity contribution < 1.29 is 9.53 Å². The van der Waals surface area contributed by atoms with Gasteiger partial charge in [-0.25, -0.2) is 14.2 Å². The molecule has 3 N–H and O–H groups in total. The summed E-state index contributed by atoms with van der Waals surface area (Å²) in [4.78, 5) is 15.3. The molecule has 0 spiro atoms. The molecule has 0 aliphatic heterocycles. The van der Waals surface area contributed by atoms with E-state index in [0.717, 1.165) is 36.8 Å². The van der Waals surface area contributed by atoms with Crippen LogP contribution in [0.5, 0.6) is 0 Å². The van der Waals surface area contributed by atoms with Crippen LogP contribution in [0.3, 0.4) is 0 Å². The van der Waals surface area contributed by atoms with E-state index >= 15 is 0 Å². The summed E-state index contributed by atoms with van der Waals surface area (Å²) in [7, 11) is 0. The Morgan fingerprint density at radius 2 is 1.72 bits per heavy atom. The number of hydrogen-bond donors (Lipinski definition) is 2. The largest absolute Gasteiger partial charge is 0.443 e. The van der Waals surface area contributed by atoms with Crippen molar-refractivity contribution >= 4 is 28.8 Å². The second-order valence-electron chi connectivity index (χ2n) is 11.0. The molecule has 1 aliphatic carbocycles. The zero-order valence-corrected chi connectivity index (χ0v) is 22.6. The molecule has 0 atom stereocenters. The first kappa shape index (κ1) is 26.3. The molecule has 5 rings (SSSR count). The summed E-state index contributed by atoms with van der Waals surface area (Å²) in [5, 5.41) is 18.2. The van der Waals surface area contributed by atoms with E-state index in [1.54, 1.807) is 16.8 Å². The van der Waals surface area contributed by atoms with Gasteiger partial charge in [0.25, 0.3) is 0 Å². The van der Waals surface area contributed by atoms with E-state index in [1.807, 2.05) is 81.4 Å². The van der Waals surface area contributed by atoms with Crippen molar-refractivity contribution in [2.24, 2.45) is 5.73 Å². The van der Waals surface area contributed by atoms with Crippen LogP contribution < -0.4 is 16.0 Å². The Bertz CT molecular complexity index is 1490. The van der Waals surface area contributed by atoms with Crippen LogP contribution in [0.25, 0.3) is 16.6 Å². The summed E-state index contributed by atoms with van der Waals surface area (Å²) < 4.78 is 7.47. The van der Waals surface area contributed by atoms with E-state index in [9.17, 15) is 10.1 Å². The van der Waals surface area contributed by atoms with E-state index < -0.39 is 11.7 Å². The fourth-order valence-corrected chi connectivity index (χ4v) is 5.02. The third-order valence-corrected chi connectivity index (χ3v) is 6.94. The zero-order chi connectivity index (χ0) is 27.6. The van der Waals surface area contributed by atoms with Crippen molar-refractivity contribution in [2.75, 3.05) is 10.2 Å². The molecule has 200 valence electrons. The number of carbonyl (C=O) groups is 1. The number of nitrogens with two attached hydrogens (primary N) is 1. The zero-order valence-electron chi connectivity index (χ0n) is 22.6.